The predicted molar refractivity (Wildman–Crippen MR) is 136 cm³/mol. The number of nitrogen functional groups attached to an aromatic ring is 1. The van der Waals surface area contributed by atoms with Crippen LogP contribution in [0.3, 0.4) is 0 Å². The lowest BCUT2D eigenvalue weighted by atomic mass is 10.2. The highest BCUT2D eigenvalue weighted by Gasteiger charge is 2.17. The molecular weight excluding hydrogens is 466 g/mol. The summed E-state index contributed by atoms with van der Waals surface area (Å²) in [4.78, 5) is 22.4. The van der Waals surface area contributed by atoms with Crippen molar-refractivity contribution in [2.75, 3.05) is 17.4 Å². The zero-order chi connectivity index (χ0) is 24.9. The Bertz CT molecular complexity index is 1300. The second kappa shape index (κ2) is 10.4. The van der Waals surface area contributed by atoms with E-state index in [4.69, 9.17) is 32.8 Å². The number of ether oxygens (including phenoxy) is 1. The van der Waals surface area contributed by atoms with Crippen LogP contribution in [-0.4, -0.2) is 32.4 Å². The zero-order valence-corrected chi connectivity index (χ0v) is 20.2. The molecule has 0 atom stereocenters. The summed E-state index contributed by atoms with van der Waals surface area (Å²) in [6.45, 7) is 4.70. The molecule has 0 radical (unpaired) electrons. The normalized spacial score (nSPS) is 11.0. The molecule has 4 aromatic rings. The fourth-order valence-electron chi connectivity index (χ4n) is 3.34. The van der Waals surface area contributed by atoms with Crippen LogP contribution in [0.1, 0.15) is 35.8 Å². The molecule has 0 aliphatic carbocycles. The molecule has 0 aliphatic rings. The number of aromatic nitrogens is 4. The molecule has 4 N–H and O–H groups in total. The number of halogens is 1. The molecule has 0 unspecified atom stereocenters. The minimum atomic E-state index is -0.496. The number of nitrogens with zero attached hydrogens (tertiary/aromatic N) is 5. The van der Waals surface area contributed by atoms with Gasteiger partial charge in [0.1, 0.15) is 5.75 Å². The van der Waals surface area contributed by atoms with E-state index in [2.05, 4.69) is 10.1 Å². The van der Waals surface area contributed by atoms with Crippen molar-refractivity contribution in [3.05, 3.63) is 83.3 Å². The standard InChI is InChI=1S/C25H26ClN7O2/c1-16(2)33-14-19(11-30-33)23-22(26)12-29-25(31-23)32(13-17-3-7-20(27)8-4-17)15-35-21-9-5-18(6-10-21)24(28)34/h3-12,14,16H,13,15,27H2,1-2H3,(H2,28,34). The molecule has 35 heavy (non-hydrogen) atoms. The fraction of sp³-hybridized carbons (Fsp3) is 0.200. The summed E-state index contributed by atoms with van der Waals surface area (Å²) in [6.07, 6.45) is 5.21. The molecule has 0 fully saturated rings. The average Bonchev–Trinajstić information content (AvgIpc) is 3.34. The van der Waals surface area contributed by atoms with Gasteiger partial charge in [0.05, 0.1) is 23.1 Å². The zero-order valence-electron chi connectivity index (χ0n) is 19.4. The van der Waals surface area contributed by atoms with E-state index in [1.165, 1.54) is 0 Å². The van der Waals surface area contributed by atoms with Gasteiger partial charge in [0.15, 0.2) is 6.73 Å². The van der Waals surface area contributed by atoms with Crippen molar-refractivity contribution in [3.63, 3.8) is 0 Å². The van der Waals surface area contributed by atoms with Crippen LogP contribution in [-0.2, 0) is 6.54 Å². The Morgan fingerprint density at radius 1 is 1.11 bits per heavy atom. The summed E-state index contributed by atoms with van der Waals surface area (Å²) in [5.74, 6) is 0.515. The summed E-state index contributed by atoms with van der Waals surface area (Å²) in [5, 5.41) is 4.82. The van der Waals surface area contributed by atoms with E-state index in [1.54, 1.807) is 36.7 Å². The van der Waals surface area contributed by atoms with Crippen molar-refractivity contribution in [1.82, 2.24) is 19.7 Å². The van der Waals surface area contributed by atoms with E-state index >= 15 is 0 Å². The van der Waals surface area contributed by atoms with Crippen LogP contribution in [0.4, 0.5) is 11.6 Å². The van der Waals surface area contributed by atoms with Gasteiger partial charge in [0.25, 0.3) is 0 Å². The maximum absolute atomic E-state index is 11.3. The molecule has 2 aromatic heterocycles. The molecule has 0 aliphatic heterocycles. The monoisotopic (exact) mass is 491 g/mol. The molecule has 2 aromatic carbocycles. The van der Waals surface area contributed by atoms with Crippen LogP contribution in [0.5, 0.6) is 5.75 Å². The smallest absolute Gasteiger partial charge is 0.248 e. The van der Waals surface area contributed by atoms with Crippen molar-refractivity contribution in [1.29, 1.82) is 0 Å². The minimum absolute atomic E-state index is 0.145. The lowest BCUT2D eigenvalue weighted by molar-refractivity contribution is 0.1000. The van der Waals surface area contributed by atoms with E-state index in [0.29, 0.717) is 40.2 Å². The molecule has 0 bridgehead atoms. The van der Waals surface area contributed by atoms with Gasteiger partial charge in [-0.2, -0.15) is 5.10 Å². The molecular formula is C25H26ClN7O2. The lowest BCUT2D eigenvalue weighted by Crippen LogP contribution is -2.29. The van der Waals surface area contributed by atoms with Crippen LogP contribution in [0.15, 0.2) is 67.1 Å². The Morgan fingerprint density at radius 2 is 1.83 bits per heavy atom. The van der Waals surface area contributed by atoms with E-state index in [1.807, 2.05) is 53.9 Å². The second-order valence-corrected chi connectivity index (χ2v) is 8.68. The number of amides is 1. The van der Waals surface area contributed by atoms with Gasteiger partial charge in [0.2, 0.25) is 11.9 Å². The first-order chi connectivity index (χ1) is 16.8. The van der Waals surface area contributed by atoms with Crippen molar-refractivity contribution in [2.24, 2.45) is 5.73 Å². The van der Waals surface area contributed by atoms with Crippen LogP contribution in [0, 0.1) is 0 Å². The summed E-state index contributed by atoms with van der Waals surface area (Å²) < 4.78 is 7.83. The predicted octanol–water partition coefficient (Wildman–Crippen LogP) is 4.30. The van der Waals surface area contributed by atoms with E-state index in [9.17, 15) is 4.79 Å². The maximum atomic E-state index is 11.3. The first-order valence-corrected chi connectivity index (χ1v) is 11.4. The third-order valence-electron chi connectivity index (χ3n) is 5.30. The number of anilines is 2. The summed E-state index contributed by atoms with van der Waals surface area (Å²) >= 11 is 6.45. The molecule has 10 heteroatoms. The number of benzene rings is 2. The molecule has 0 saturated carbocycles. The number of nitrogens with two attached hydrogens (primary N) is 2. The number of carbonyl (C=O) groups excluding carboxylic acids is 1. The first kappa shape index (κ1) is 24.0. The Balaban J connectivity index is 1.63. The number of hydrogen-bond acceptors (Lipinski definition) is 7. The molecule has 4 rings (SSSR count). The highest BCUT2D eigenvalue weighted by Crippen LogP contribution is 2.28. The minimum Gasteiger partial charge on any atom is -0.473 e. The summed E-state index contributed by atoms with van der Waals surface area (Å²) in [5.41, 5.74) is 14.6. The highest BCUT2D eigenvalue weighted by atomic mass is 35.5. The lowest BCUT2D eigenvalue weighted by Gasteiger charge is -2.23. The van der Waals surface area contributed by atoms with Crippen molar-refractivity contribution < 1.29 is 9.53 Å². The quantitative estimate of drug-likeness (QED) is 0.264. The van der Waals surface area contributed by atoms with E-state index in [-0.39, 0.29) is 12.8 Å². The highest BCUT2D eigenvalue weighted by molar-refractivity contribution is 6.32. The molecule has 180 valence electrons. The third-order valence-corrected chi connectivity index (χ3v) is 5.57. The summed E-state index contributed by atoms with van der Waals surface area (Å²) in [7, 11) is 0. The van der Waals surface area contributed by atoms with Gasteiger partial charge >= 0.3 is 0 Å². The van der Waals surface area contributed by atoms with Gasteiger partial charge in [-0.25, -0.2) is 9.97 Å². The van der Waals surface area contributed by atoms with Gasteiger partial charge in [-0.3, -0.25) is 9.48 Å². The maximum Gasteiger partial charge on any atom is 0.248 e. The average molecular weight is 492 g/mol. The number of hydrogen-bond donors (Lipinski definition) is 2. The SMILES string of the molecule is CC(C)n1cc(-c2nc(N(COc3ccc(C(N)=O)cc3)Cc3ccc(N)cc3)ncc2Cl)cn1. The van der Waals surface area contributed by atoms with Crippen molar-refractivity contribution in [2.45, 2.75) is 26.4 Å². The summed E-state index contributed by atoms with van der Waals surface area (Å²) in [6, 6.07) is 14.4. The topological polar surface area (TPSA) is 125 Å². The van der Waals surface area contributed by atoms with Gasteiger partial charge < -0.3 is 21.1 Å². The van der Waals surface area contributed by atoms with Crippen LogP contribution < -0.4 is 21.1 Å². The van der Waals surface area contributed by atoms with Gasteiger partial charge in [0, 0.05) is 35.6 Å². The largest absolute Gasteiger partial charge is 0.473 e. The van der Waals surface area contributed by atoms with Gasteiger partial charge in [-0.15, -0.1) is 0 Å². The number of carbonyl (C=O) groups is 1. The fourth-order valence-corrected chi connectivity index (χ4v) is 3.54. The molecule has 0 saturated heterocycles. The van der Waals surface area contributed by atoms with E-state index < -0.39 is 5.91 Å². The first-order valence-electron chi connectivity index (χ1n) is 11.0. The van der Waals surface area contributed by atoms with Crippen LogP contribution >= 0.6 is 11.6 Å². The molecule has 1 amide bonds. The van der Waals surface area contributed by atoms with E-state index in [0.717, 1.165) is 11.1 Å². The molecule has 2 heterocycles. The number of primary amides is 1. The molecule has 9 nitrogen and oxygen atoms in total. The van der Waals surface area contributed by atoms with Gasteiger partial charge in [-0.05, 0) is 55.8 Å². The van der Waals surface area contributed by atoms with Crippen molar-refractivity contribution >= 4 is 29.1 Å². The van der Waals surface area contributed by atoms with Crippen molar-refractivity contribution in [3.8, 4) is 17.0 Å². The van der Waals surface area contributed by atoms with Gasteiger partial charge in [-0.1, -0.05) is 23.7 Å². The van der Waals surface area contributed by atoms with Crippen LogP contribution in [0.25, 0.3) is 11.3 Å². The Morgan fingerprint density at radius 3 is 2.46 bits per heavy atom. The Labute approximate surface area is 208 Å². The Kier molecular flexibility index (Phi) is 7.17. The van der Waals surface area contributed by atoms with Crippen LogP contribution in [0.2, 0.25) is 5.02 Å². The number of rotatable bonds is 9. The molecule has 0 spiro atoms. The Hall–Kier alpha value is -4.11. The second-order valence-electron chi connectivity index (χ2n) is 8.27. The third kappa shape index (κ3) is 5.88.